The predicted molar refractivity (Wildman–Crippen MR) is 73.7 cm³/mol. The molecule has 0 spiro atoms. The number of benzene rings is 1. The van der Waals surface area contributed by atoms with Gasteiger partial charge >= 0.3 is 5.97 Å². The van der Waals surface area contributed by atoms with E-state index in [4.69, 9.17) is 4.74 Å². The van der Waals surface area contributed by atoms with Crippen molar-refractivity contribution < 1.29 is 9.53 Å². The van der Waals surface area contributed by atoms with E-state index in [2.05, 4.69) is 35.1 Å². The van der Waals surface area contributed by atoms with Gasteiger partial charge in [-0.3, -0.25) is 0 Å². The van der Waals surface area contributed by atoms with Gasteiger partial charge in [0.15, 0.2) is 0 Å². The van der Waals surface area contributed by atoms with Crippen LogP contribution in [0.15, 0.2) is 10.5 Å². The van der Waals surface area contributed by atoms with Gasteiger partial charge in [-0.1, -0.05) is 15.9 Å². The highest BCUT2D eigenvalue weighted by Crippen LogP contribution is 2.30. The van der Waals surface area contributed by atoms with Crippen molar-refractivity contribution in [2.75, 3.05) is 12.4 Å². The molecular formula is C13H18BrNO2. The highest BCUT2D eigenvalue weighted by atomic mass is 79.9. The Morgan fingerprint density at radius 3 is 2.41 bits per heavy atom. The zero-order valence-corrected chi connectivity index (χ0v) is 12.4. The first kappa shape index (κ1) is 14.0. The molecule has 0 bridgehead atoms. The molecular weight excluding hydrogens is 282 g/mol. The first-order chi connectivity index (χ1) is 7.88. The number of carbonyl (C=O) groups excluding carboxylic acids is 1. The molecule has 1 rings (SSSR count). The van der Waals surface area contributed by atoms with E-state index in [1.807, 2.05) is 19.9 Å². The third-order valence-corrected chi connectivity index (χ3v) is 3.44. The maximum Gasteiger partial charge on any atom is 0.338 e. The number of ether oxygens (including phenoxy) is 1. The second-order valence-electron chi connectivity index (χ2n) is 4.32. The molecule has 0 amide bonds. The van der Waals surface area contributed by atoms with Crippen LogP contribution < -0.4 is 5.32 Å². The zero-order valence-electron chi connectivity index (χ0n) is 10.8. The number of anilines is 1. The fourth-order valence-electron chi connectivity index (χ4n) is 1.75. The van der Waals surface area contributed by atoms with E-state index in [-0.39, 0.29) is 5.97 Å². The first-order valence-corrected chi connectivity index (χ1v) is 6.32. The maximum atomic E-state index is 11.8. The molecule has 0 aliphatic rings. The maximum absolute atomic E-state index is 11.8. The van der Waals surface area contributed by atoms with Crippen LogP contribution in [0.5, 0.6) is 0 Å². The summed E-state index contributed by atoms with van der Waals surface area (Å²) in [5.41, 5.74) is 3.41. The SMILES string of the molecule is COC(=O)c1c(C)c(Br)cc(NC(C)C)c1C. The highest BCUT2D eigenvalue weighted by molar-refractivity contribution is 9.10. The number of esters is 1. The second kappa shape index (κ2) is 5.54. The van der Waals surface area contributed by atoms with E-state index in [1.165, 1.54) is 7.11 Å². The van der Waals surface area contributed by atoms with Crippen molar-refractivity contribution in [2.24, 2.45) is 0 Å². The van der Waals surface area contributed by atoms with E-state index in [9.17, 15) is 4.79 Å². The van der Waals surface area contributed by atoms with Gasteiger partial charge in [-0.05, 0) is 44.9 Å². The van der Waals surface area contributed by atoms with Crippen molar-refractivity contribution in [3.63, 3.8) is 0 Å². The Balaban J connectivity index is 3.37. The van der Waals surface area contributed by atoms with Crippen molar-refractivity contribution in [3.05, 3.63) is 27.2 Å². The minimum atomic E-state index is -0.298. The molecule has 0 radical (unpaired) electrons. The monoisotopic (exact) mass is 299 g/mol. The fraction of sp³-hybridized carbons (Fsp3) is 0.462. The quantitative estimate of drug-likeness (QED) is 0.866. The van der Waals surface area contributed by atoms with Crippen molar-refractivity contribution in [1.82, 2.24) is 0 Å². The van der Waals surface area contributed by atoms with Crippen LogP contribution in [0.3, 0.4) is 0 Å². The van der Waals surface area contributed by atoms with Gasteiger partial charge in [-0.2, -0.15) is 0 Å². The molecule has 4 heteroatoms. The summed E-state index contributed by atoms with van der Waals surface area (Å²) in [6.07, 6.45) is 0. The third-order valence-electron chi connectivity index (χ3n) is 2.62. The molecule has 1 aromatic rings. The van der Waals surface area contributed by atoms with E-state index in [0.29, 0.717) is 11.6 Å². The molecule has 0 unspecified atom stereocenters. The second-order valence-corrected chi connectivity index (χ2v) is 5.18. The van der Waals surface area contributed by atoms with E-state index in [0.717, 1.165) is 21.3 Å². The Kier molecular flexibility index (Phi) is 4.57. The number of carbonyl (C=O) groups is 1. The number of rotatable bonds is 3. The van der Waals surface area contributed by atoms with Crippen LogP contribution in [0.2, 0.25) is 0 Å². The molecule has 0 saturated carbocycles. The lowest BCUT2D eigenvalue weighted by Gasteiger charge is -2.18. The summed E-state index contributed by atoms with van der Waals surface area (Å²) in [7, 11) is 1.40. The molecule has 1 aromatic carbocycles. The van der Waals surface area contributed by atoms with Crippen LogP contribution in [0.25, 0.3) is 0 Å². The molecule has 0 aromatic heterocycles. The number of halogens is 1. The largest absolute Gasteiger partial charge is 0.465 e. The highest BCUT2D eigenvalue weighted by Gasteiger charge is 2.18. The Hall–Kier alpha value is -1.03. The summed E-state index contributed by atoms with van der Waals surface area (Å²) in [6.45, 7) is 7.95. The topological polar surface area (TPSA) is 38.3 Å². The molecule has 0 heterocycles. The smallest absolute Gasteiger partial charge is 0.338 e. The Morgan fingerprint density at radius 2 is 1.94 bits per heavy atom. The molecule has 0 saturated heterocycles. The van der Waals surface area contributed by atoms with E-state index < -0.39 is 0 Å². The van der Waals surface area contributed by atoms with Crippen molar-refractivity contribution >= 4 is 27.6 Å². The number of hydrogen-bond donors (Lipinski definition) is 1. The number of nitrogens with one attached hydrogen (secondary N) is 1. The molecule has 0 fully saturated rings. The average molecular weight is 300 g/mol. The Labute approximate surface area is 111 Å². The van der Waals surface area contributed by atoms with Crippen LogP contribution in [0.4, 0.5) is 5.69 Å². The summed E-state index contributed by atoms with van der Waals surface area (Å²) >= 11 is 3.47. The first-order valence-electron chi connectivity index (χ1n) is 5.53. The lowest BCUT2D eigenvalue weighted by Crippen LogP contribution is -2.14. The van der Waals surface area contributed by atoms with Gasteiger partial charge in [0.25, 0.3) is 0 Å². The van der Waals surface area contributed by atoms with Crippen LogP contribution >= 0.6 is 15.9 Å². The molecule has 1 N–H and O–H groups in total. The van der Waals surface area contributed by atoms with Crippen LogP contribution in [0, 0.1) is 13.8 Å². The lowest BCUT2D eigenvalue weighted by molar-refractivity contribution is 0.0599. The van der Waals surface area contributed by atoms with Crippen molar-refractivity contribution in [2.45, 2.75) is 33.7 Å². The fourth-order valence-corrected chi connectivity index (χ4v) is 2.17. The summed E-state index contributed by atoms with van der Waals surface area (Å²) < 4.78 is 5.73. The summed E-state index contributed by atoms with van der Waals surface area (Å²) in [5, 5.41) is 3.32. The van der Waals surface area contributed by atoms with Gasteiger partial charge in [0, 0.05) is 16.2 Å². The molecule has 94 valence electrons. The van der Waals surface area contributed by atoms with Crippen LogP contribution in [-0.4, -0.2) is 19.1 Å². The molecule has 0 atom stereocenters. The van der Waals surface area contributed by atoms with Gasteiger partial charge in [-0.15, -0.1) is 0 Å². The number of hydrogen-bond acceptors (Lipinski definition) is 3. The van der Waals surface area contributed by atoms with Crippen LogP contribution in [-0.2, 0) is 4.74 Å². The van der Waals surface area contributed by atoms with Crippen molar-refractivity contribution in [3.8, 4) is 0 Å². The summed E-state index contributed by atoms with van der Waals surface area (Å²) in [6, 6.07) is 2.31. The van der Waals surface area contributed by atoms with Crippen molar-refractivity contribution in [1.29, 1.82) is 0 Å². The average Bonchev–Trinajstić information content (AvgIpc) is 2.25. The summed E-state index contributed by atoms with van der Waals surface area (Å²) in [5.74, 6) is -0.298. The van der Waals surface area contributed by atoms with E-state index in [1.54, 1.807) is 0 Å². The lowest BCUT2D eigenvalue weighted by atomic mass is 10.0. The predicted octanol–water partition coefficient (Wildman–Crippen LogP) is 3.67. The minimum Gasteiger partial charge on any atom is -0.465 e. The van der Waals surface area contributed by atoms with Gasteiger partial charge in [0.05, 0.1) is 12.7 Å². The van der Waals surface area contributed by atoms with Gasteiger partial charge < -0.3 is 10.1 Å². The number of methoxy groups -OCH3 is 1. The molecule has 17 heavy (non-hydrogen) atoms. The zero-order chi connectivity index (χ0) is 13.2. The third kappa shape index (κ3) is 3.00. The Morgan fingerprint density at radius 1 is 1.35 bits per heavy atom. The van der Waals surface area contributed by atoms with Crippen LogP contribution in [0.1, 0.15) is 35.3 Å². The molecule has 0 aliphatic carbocycles. The van der Waals surface area contributed by atoms with Gasteiger partial charge in [0.1, 0.15) is 0 Å². The summed E-state index contributed by atoms with van der Waals surface area (Å²) in [4.78, 5) is 11.8. The standard InChI is InChI=1S/C13H18BrNO2/c1-7(2)15-11-6-10(14)8(3)12(9(11)4)13(16)17-5/h6-7,15H,1-5H3. The Bertz CT molecular complexity index is 442. The molecule has 3 nitrogen and oxygen atoms in total. The molecule has 0 aliphatic heterocycles. The van der Waals surface area contributed by atoms with Gasteiger partial charge in [-0.25, -0.2) is 4.79 Å². The minimum absolute atomic E-state index is 0.298. The normalized spacial score (nSPS) is 10.5. The van der Waals surface area contributed by atoms with E-state index >= 15 is 0 Å². The van der Waals surface area contributed by atoms with Gasteiger partial charge in [0.2, 0.25) is 0 Å².